The second-order valence-electron chi connectivity index (χ2n) is 1.53. The molecule has 0 fully saturated rings. The van der Waals surface area contributed by atoms with Crippen LogP contribution in [0.2, 0.25) is 0 Å². The van der Waals surface area contributed by atoms with Crippen molar-refractivity contribution in [2.24, 2.45) is 0 Å². The summed E-state index contributed by atoms with van der Waals surface area (Å²) in [5.74, 6) is -0.899. The summed E-state index contributed by atoms with van der Waals surface area (Å²) in [6.07, 6.45) is 1.31. The minimum Gasteiger partial charge on any atom is -0.481 e. The third-order valence-electron chi connectivity index (χ3n) is 0.797. The third kappa shape index (κ3) is 2.77. The van der Waals surface area contributed by atoms with E-state index >= 15 is 0 Å². The first-order valence-electron chi connectivity index (χ1n) is 2.35. The molecule has 1 aromatic heterocycles. The largest absolute Gasteiger partial charge is 0.481 e. The van der Waals surface area contributed by atoms with Crippen LogP contribution in [0.4, 0.5) is 0 Å². The molecular formula is C4H5AuN3O2. The number of rotatable bonds is 2. The van der Waals surface area contributed by atoms with Gasteiger partial charge in [0.1, 0.15) is 0 Å². The molecule has 0 saturated heterocycles. The van der Waals surface area contributed by atoms with Crippen molar-refractivity contribution in [2.75, 3.05) is 0 Å². The van der Waals surface area contributed by atoms with Crippen LogP contribution in [0.1, 0.15) is 5.69 Å². The number of hydrogen-bond donors (Lipinski definition) is 2. The summed E-state index contributed by atoms with van der Waals surface area (Å²) in [4.78, 5) is 9.98. The van der Waals surface area contributed by atoms with E-state index in [0.717, 1.165) is 0 Å². The Labute approximate surface area is 72.3 Å². The number of hydrogen-bond acceptors (Lipinski definition) is 3. The zero-order valence-corrected chi connectivity index (χ0v) is 7.00. The number of aliphatic carboxylic acids is 1. The van der Waals surface area contributed by atoms with Gasteiger partial charge < -0.3 is 5.11 Å². The minimum atomic E-state index is -0.899. The fraction of sp³-hybridized carbons (Fsp3) is 0.250. The quantitative estimate of drug-likeness (QED) is 0.714. The van der Waals surface area contributed by atoms with Crippen LogP contribution >= 0.6 is 0 Å². The average Bonchev–Trinajstić information content (AvgIpc) is 2.15. The maximum absolute atomic E-state index is 9.98. The van der Waals surface area contributed by atoms with Crippen LogP contribution in [0.5, 0.6) is 0 Å². The van der Waals surface area contributed by atoms with Crippen LogP contribution in [-0.4, -0.2) is 26.5 Å². The maximum Gasteiger partial charge on any atom is 0.309 e. The van der Waals surface area contributed by atoms with Crippen molar-refractivity contribution < 1.29 is 32.3 Å². The number of nitrogens with zero attached hydrogens (tertiary/aromatic N) is 2. The summed E-state index contributed by atoms with van der Waals surface area (Å²) in [5, 5.41) is 17.5. The Morgan fingerprint density at radius 3 is 2.90 bits per heavy atom. The molecule has 0 atom stereocenters. The van der Waals surface area contributed by atoms with Crippen LogP contribution < -0.4 is 0 Å². The van der Waals surface area contributed by atoms with Gasteiger partial charge in [-0.25, -0.2) is 0 Å². The summed E-state index contributed by atoms with van der Waals surface area (Å²) in [6, 6.07) is 0. The average molecular weight is 324 g/mol. The van der Waals surface area contributed by atoms with Gasteiger partial charge in [0.25, 0.3) is 0 Å². The number of aromatic nitrogens is 3. The first-order valence-corrected chi connectivity index (χ1v) is 2.35. The summed E-state index contributed by atoms with van der Waals surface area (Å²) in [6.45, 7) is 0. The molecule has 0 aliphatic heterocycles. The van der Waals surface area contributed by atoms with Crippen molar-refractivity contribution in [3.63, 3.8) is 0 Å². The van der Waals surface area contributed by atoms with Gasteiger partial charge in [0.2, 0.25) is 0 Å². The molecule has 1 aromatic rings. The molecule has 0 bridgehead atoms. The first kappa shape index (κ1) is 9.35. The second kappa shape index (κ2) is 4.21. The number of carboxylic acids is 1. The summed E-state index contributed by atoms with van der Waals surface area (Å²) >= 11 is 0. The van der Waals surface area contributed by atoms with Crippen LogP contribution in [0, 0.1) is 0 Å². The smallest absolute Gasteiger partial charge is 0.309 e. The van der Waals surface area contributed by atoms with Crippen molar-refractivity contribution in [1.82, 2.24) is 15.4 Å². The van der Waals surface area contributed by atoms with Gasteiger partial charge in [-0.3, -0.25) is 4.79 Å². The summed E-state index contributed by atoms with van der Waals surface area (Å²) < 4.78 is 0. The Kier molecular flexibility index (Phi) is 3.94. The van der Waals surface area contributed by atoms with Gasteiger partial charge in [0.05, 0.1) is 18.3 Å². The standard InChI is InChI=1S/C4H5N3O2.Au/c8-4(9)1-3-2-5-7-6-3;/h2H,1H2,(H,8,9)(H,5,6,7);. The predicted molar refractivity (Wildman–Crippen MR) is 27.7 cm³/mol. The SMILES string of the molecule is O=C(O)Cc1cn[nH]n1.[Au]. The Morgan fingerprint density at radius 2 is 2.50 bits per heavy atom. The molecule has 1 rings (SSSR count). The number of H-pyrrole nitrogens is 1. The summed E-state index contributed by atoms with van der Waals surface area (Å²) in [5.41, 5.74) is 0.447. The Morgan fingerprint density at radius 1 is 1.80 bits per heavy atom. The molecule has 1 radical (unpaired) electrons. The van der Waals surface area contributed by atoms with Gasteiger partial charge in [0, 0.05) is 22.4 Å². The van der Waals surface area contributed by atoms with Gasteiger partial charge in [-0.2, -0.15) is 15.4 Å². The summed E-state index contributed by atoms with van der Waals surface area (Å²) in [7, 11) is 0. The molecule has 0 spiro atoms. The van der Waals surface area contributed by atoms with Crippen LogP contribution in [-0.2, 0) is 33.6 Å². The molecule has 0 aliphatic carbocycles. The Bertz CT molecular complexity index is 198. The van der Waals surface area contributed by atoms with Gasteiger partial charge in [-0.15, -0.1) is 0 Å². The molecule has 0 saturated carbocycles. The molecular weight excluding hydrogens is 319 g/mol. The monoisotopic (exact) mass is 324 g/mol. The van der Waals surface area contributed by atoms with E-state index in [4.69, 9.17) is 5.11 Å². The number of carbonyl (C=O) groups is 1. The molecule has 0 aromatic carbocycles. The number of aromatic amines is 1. The van der Waals surface area contributed by atoms with Crippen molar-refractivity contribution in [3.8, 4) is 0 Å². The van der Waals surface area contributed by atoms with E-state index in [1.165, 1.54) is 6.20 Å². The molecule has 0 aliphatic rings. The second-order valence-corrected chi connectivity index (χ2v) is 1.53. The zero-order chi connectivity index (χ0) is 6.69. The van der Waals surface area contributed by atoms with Gasteiger partial charge in [-0.05, 0) is 0 Å². The first-order chi connectivity index (χ1) is 4.29. The Hall–Kier alpha value is -0.650. The predicted octanol–water partition coefficient (Wildman–Crippen LogP) is -0.571. The van der Waals surface area contributed by atoms with Crippen molar-refractivity contribution >= 4 is 5.97 Å². The van der Waals surface area contributed by atoms with E-state index in [-0.39, 0.29) is 28.8 Å². The van der Waals surface area contributed by atoms with Crippen LogP contribution in [0.25, 0.3) is 0 Å². The van der Waals surface area contributed by atoms with E-state index < -0.39 is 5.97 Å². The molecule has 10 heavy (non-hydrogen) atoms. The fourth-order valence-electron chi connectivity index (χ4n) is 0.465. The van der Waals surface area contributed by atoms with Gasteiger partial charge in [-0.1, -0.05) is 0 Å². The normalized spacial score (nSPS) is 8.40. The molecule has 59 valence electrons. The molecule has 0 unspecified atom stereocenters. The topological polar surface area (TPSA) is 78.9 Å². The van der Waals surface area contributed by atoms with Gasteiger partial charge >= 0.3 is 5.97 Å². The third-order valence-corrected chi connectivity index (χ3v) is 0.797. The van der Waals surface area contributed by atoms with E-state index in [1.807, 2.05) is 0 Å². The van der Waals surface area contributed by atoms with Crippen LogP contribution in [0.3, 0.4) is 0 Å². The van der Waals surface area contributed by atoms with Gasteiger partial charge in [0.15, 0.2) is 0 Å². The van der Waals surface area contributed by atoms with Crippen molar-refractivity contribution in [3.05, 3.63) is 11.9 Å². The number of nitrogens with one attached hydrogen (secondary N) is 1. The number of carboxylic acid groups (broad SMARTS) is 1. The zero-order valence-electron chi connectivity index (χ0n) is 4.84. The molecule has 1 heterocycles. The van der Waals surface area contributed by atoms with Crippen LogP contribution in [0.15, 0.2) is 6.20 Å². The molecule has 0 amide bonds. The fourth-order valence-corrected chi connectivity index (χ4v) is 0.465. The molecule has 6 heteroatoms. The van der Waals surface area contributed by atoms with E-state index in [0.29, 0.717) is 5.69 Å². The minimum absolute atomic E-state index is 0. The maximum atomic E-state index is 9.98. The van der Waals surface area contributed by atoms with E-state index in [2.05, 4.69) is 15.4 Å². The molecule has 5 nitrogen and oxygen atoms in total. The van der Waals surface area contributed by atoms with Crippen molar-refractivity contribution in [2.45, 2.75) is 6.42 Å². The molecule has 2 N–H and O–H groups in total. The van der Waals surface area contributed by atoms with E-state index in [1.54, 1.807) is 0 Å². The Balaban J connectivity index is 0.000000810. The van der Waals surface area contributed by atoms with E-state index in [9.17, 15) is 4.79 Å². The van der Waals surface area contributed by atoms with Crippen molar-refractivity contribution in [1.29, 1.82) is 0 Å².